The number of benzene rings is 2. The molecule has 1 N–H and O–H groups in total. The maximum atomic E-state index is 12.3. The van der Waals surface area contributed by atoms with Crippen LogP contribution in [0.25, 0.3) is 6.08 Å². The number of hydrogen-bond acceptors (Lipinski definition) is 3. The average Bonchev–Trinajstić information content (AvgIpc) is 2.64. The smallest absolute Gasteiger partial charge is 0.244 e. The second kappa shape index (κ2) is 9.14. The van der Waals surface area contributed by atoms with Gasteiger partial charge in [-0.3, -0.25) is 4.79 Å². The normalized spacial score (nSPS) is 12.0. The summed E-state index contributed by atoms with van der Waals surface area (Å²) in [6.45, 7) is 2.02. The third kappa shape index (κ3) is 5.00. The average molecular weight is 360 g/mol. The molecular formula is C20H22ClNO3. The number of para-hydroxylation sites is 1. The lowest BCUT2D eigenvalue weighted by molar-refractivity contribution is -0.117. The Hall–Kier alpha value is -2.46. The Balaban J connectivity index is 2.11. The van der Waals surface area contributed by atoms with Gasteiger partial charge in [0, 0.05) is 16.7 Å². The number of ether oxygens (including phenoxy) is 2. The van der Waals surface area contributed by atoms with E-state index in [1.165, 1.54) is 6.08 Å². The van der Waals surface area contributed by atoms with Gasteiger partial charge in [-0.1, -0.05) is 42.8 Å². The van der Waals surface area contributed by atoms with Gasteiger partial charge >= 0.3 is 0 Å². The number of methoxy groups -OCH3 is 2. The number of carbonyl (C=O) groups excluding carboxylic acids is 1. The zero-order valence-corrected chi connectivity index (χ0v) is 15.3. The highest BCUT2D eigenvalue weighted by Crippen LogP contribution is 2.31. The van der Waals surface area contributed by atoms with Crippen LogP contribution in [-0.2, 0) is 4.79 Å². The van der Waals surface area contributed by atoms with Crippen LogP contribution in [-0.4, -0.2) is 20.1 Å². The molecule has 0 bridgehead atoms. The van der Waals surface area contributed by atoms with Crippen molar-refractivity contribution in [3.05, 3.63) is 64.7 Å². The van der Waals surface area contributed by atoms with Crippen LogP contribution in [0.2, 0.25) is 5.02 Å². The third-order valence-electron chi connectivity index (χ3n) is 3.84. The van der Waals surface area contributed by atoms with Crippen molar-refractivity contribution >= 4 is 23.6 Å². The molecule has 2 aromatic carbocycles. The fourth-order valence-corrected chi connectivity index (χ4v) is 2.67. The molecule has 2 aromatic rings. The monoisotopic (exact) mass is 359 g/mol. The Labute approximate surface area is 153 Å². The predicted octanol–water partition coefficient (Wildman–Crippen LogP) is 4.64. The minimum Gasteiger partial charge on any atom is -0.493 e. The van der Waals surface area contributed by atoms with Gasteiger partial charge < -0.3 is 14.8 Å². The lowest BCUT2D eigenvalue weighted by Crippen LogP contribution is -2.26. The van der Waals surface area contributed by atoms with E-state index in [4.69, 9.17) is 21.1 Å². The molecule has 0 saturated carbocycles. The molecule has 0 aliphatic heterocycles. The molecule has 132 valence electrons. The summed E-state index contributed by atoms with van der Waals surface area (Å²) >= 11 is 5.92. The maximum Gasteiger partial charge on any atom is 0.244 e. The maximum absolute atomic E-state index is 12.3. The van der Waals surface area contributed by atoms with Crippen LogP contribution in [0, 0.1) is 0 Å². The van der Waals surface area contributed by atoms with Gasteiger partial charge in [-0.15, -0.1) is 0 Å². The molecule has 0 heterocycles. The standard InChI is InChI=1S/C20H22ClNO3/c1-4-17(14-8-11-16(21)12-9-14)22-19(23)13-10-15-6-5-7-18(24-2)20(15)25-3/h5-13,17H,4H2,1-3H3,(H,22,23)/b13-10+. The van der Waals surface area contributed by atoms with Crippen molar-refractivity contribution in [2.24, 2.45) is 0 Å². The molecule has 0 aromatic heterocycles. The van der Waals surface area contributed by atoms with E-state index in [-0.39, 0.29) is 11.9 Å². The number of carbonyl (C=O) groups is 1. The van der Waals surface area contributed by atoms with Crippen molar-refractivity contribution in [3.8, 4) is 11.5 Å². The van der Waals surface area contributed by atoms with E-state index in [1.54, 1.807) is 20.3 Å². The van der Waals surface area contributed by atoms with Crippen LogP contribution in [0.1, 0.15) is 30.5 Å². The van der Waals surface area contributed by atoms with E-state index in [1.807, 2.05) is 49.4 Å². The highest BCUT2D eigenvalue weighted by molar-refractivity contribution is 6.30. The van der Waals surface area contributed by atoms with Gasteiger partial charge in [0.1, 0.15) is 0 Å². The highest BCUT2D eigenvalue weighted by Gasteiger charge is 2.12. The Kier molecular flexibility index (Phi) is 6.90. The molecule has 0 spiro atoms. The van der Waals surface area contributed by atoms with E-state index in [2.05, 4.69) is 5.32 Å². The minimum absolute atomic E-state index is 0.0679. The highest BCUT2D eigenvalue weighted by atomic mass is 35.5. The fraction of sp³-hybridized carbons (Fsp3) is 0.250. The molecule has 0 aliphatic carbocycles. The summed E-state index contributed by atoms with van der Waals surface area (Å²) < 4.78 is 10.6. The predicted molar refractivity (Wildman–Crippen MR) is 101 cm³/mol. The van der Waals surface area contributed by atoms with Crippen molar-refractivity contribution in [2.45, 2.75) is 19.4 Å². The van der Waals surface area contributed by atoms with E-state index in [0.717, 1.165) is 17.5 Å². The van der Waals surface area contributed by atoms with E-state index in [0.29, 0.717) is 16.5 Å². The number of rotatable bonds is 7. The number of nitrogens with one attached hydrogen (secondary N) is 1. The van der Waals surface area contributed by atoms with Crippen LogP contribution < -0.4 is 14.8 Å². The summed E-state index contributed by atoms with van der Waals surface area (Å²) in [5.74, 6) is 1.04. The lowest BCUT2D eigenvalue weighted by atomic mass is 10.0. The van der Waals surface area contributed by atoms with Gasteiger partial charge in [0.25, 0.3) is 0 Å². The minimum atomic E-state index is -0.174. The zero-order valence-electron chi connectivity index (χ0n) is 14.6. The second-order valence-corrected chi connectivity index (χ2v) is 5.87. The first kappa shape index (κ1) is 18.9. The summed E-state index contributed by atoms with van der Waals surface area (Å²) in [6, 6.07) is 12.9. The molecule has 4 nitrogen and oxygen atoms in total. The van der Waals surface area contributed by atoms with Crippen molar-refractivity contribution in [2.75, 3.05) is 14.2 Å². The van der Waals surface area contributed by atoms with Gasteiger partial charge in [0.15, 0.2) is 11.5 Å². The van der Waals surface area contributed by atoms with Gasteiger partial charge in [-0.25, -0.2) is 0 Å². The van der Waals surface area contributed by atoms with Gasteiger partial charge in [0.05, 0.1) is 20.3 Å². The third-order valence-corrected chi connectivity index (χ3v) is 4.10. The topological polar surface area (TPSA) is 47.6 Å². The van der Waals surface area contributed by atoms with Crippen molar-refractivity contribution in [1.82, 2.24) is 5.32 Å². The van der Waals surface area contributed by atoms with Crippen LogP contribution in [0.4, 0.5) is 0 Å². The van der Waals surface area contributed by atoms with Crippen LogP contribution in [0.3, 0.4) is 0 Å². The van der Waals surface area contributed by atoms with Crippen LogP contribution in [0.5, 0.6) is 11.5 Å². The summed E-state index contributed by atoms with van der Waals surface area (Å²) in [5, 5.41) is 3.67. The number of halogens is 1. The van der Waals surface area contributed by atoms with Crippen LogP contribution >= 0.6 is 11.6 Å². The number of hydrogen-bond donors (Lipinski definition) is 1. The molecule has 0 aliphatic rings. The summed E-state index contributed by atoms with van der Waals surface area (Å²) in [6.07, 6.45) is 3.99. The Morgan fingerprint density at radius 2 is 1.88 bits per heavy atom. The van der Waals surface area contributed by atoms with Crippen molar-refractivity contribution in [3.63, 3.8) is 0 Å². The lowest BCUT2D eigenvalue weighted by Gasteiger charge is -2.16. The summed E-state index contributed by atoms with van der Waals surface area (Å²) in [7, 11) is 3.15. The molecule has 0 saturated heterocycles. The SMILES string of the molecule is CCC(NC(=O)/C=C/c1cccc(OC)c1OC)c1ccc(Cl)cc1. The summed E-state index contributed by atoms with van der Waals surface area (Å²) in [4.78, 5) is 12.3. The molecule has 1 unspecified atom stereocenters. The molecule has 0 fully saturated rings. The first-order valence-corrected chi connectivity index (χ1v) is 8.41. The molecule has 25 heavy (non-hydrogen) atoms. The molecular weight excluding hydrogens is 338 g/mol. The Morgan fingerprint density at radius 3 is 2.48 bits per heavy atom. The van der Waals surface area contributed by atoms with E-state index >= 15 is 0 Å². The van der Waals surface area contributed by atoms with Gasteiger partial charge in [-0.2, -0.15) is 0 Å². The number of amides is 1. The Bertz CT molecular complexity index is 741. The zero-order chi connectivity index (χ0) is 18.2. The fourth-order valence-electron chi connectivity index (χ4n) is 2.54. The molecule has 2 rings (SSSR count). The molecule has 1 atom stereocenters. The summed E-state index contributed by atoms with van der Waals surface area (Å²) in [5.41, 5.74) is 1.80. The van der Waals surface area contributed by atoms with E-state index in [9.17, 15) is 4.79 Å². The quantitative estimate of drug-likeness (QED) is 0.733. The van der Waals surface area contributed by atoms with E-state index < -0.39 is 0 Å². The van der Waals surface area contributed by atoms with Gasteiger partial charge in [0.2, 0.25) is 5.91 Å². The van der Waals surface area contributed by atoms with Crippen LogP contribution in [0.15, 0.2) is 48.5 Å². The first-order chi connectivity index (χ1) is 12.1. The largest absolute Gasteiger partial charge is 0.493 e. The first-order valence-electron chi connectivity index (χ1n) is 8.04. The van der Waals surface area contributed by atoms with Gasteiger partial charge in [-0.05, 0) is 36.3 Å². The molecule has 1 amide bonds. The van der Waals surface area contributed by atoms with Crippen molar-refractivity contribution < 1.29 is 14.3 Å². The Morgan fingerprint density at radius 1 is 1.16 bits per heavy atom. The molecule has 0 radical (unpaired) electrons. The second-order valence-electron chi connectivity index (χ2n) is 5.44. The molecule has 5 heteroatoms. The van der Waals surface area contributed by atoms with Crippen molar-refractivity contribution in [1.29, 1.82) is 0 Å².